The Balaban J connectivity index is 1.39. The highest BCUT2D eigenvalue weighted by molar-refractivity contribution is 6.09. The van der Waals surface area contributed by atoms with Crippen LogP contribution in [0.25, 0.3) is 55.3 Å². The normalized spacial score (nSPS) is 11.3. The predicted molar refractivity (Wildman–Crippen MR) is 135 cm³/mol. The van der Waals surface area contributed by atoms with Crippen molar-refractivity contribution in [3.63, 3.8) is 0 Å². The first kappa shape index (κ1) is 18.7. The molecule has 0 fully saturated rings. The molecule has 0 aliphatic rings. The molecule has 0 saturated carbocycles. The number of aryl methyl sites for hydroxylation is 1. The lowest BCUT2D eigenvalue weighted by atomic mass is 9.96. The first-order chi connectivity index (χ1) is 15.8. The number of rotatable bonds is 3. The molecule has 6 aromatic rings. The average Bonchev–Trinajstić information content (AvgIpc) is 3.24. The number of hydrogen-bond donors (Lipinski definition) is 0. The van der Waals surface area contributed by atoms with Gasteiger partial charge in [0, 0.05) is 16.3 Å². The van der Waals surface area contributed by atoms with E-state index in [1.807, 2.05) is 12.1 Å². The van der Waals surface area contributed by atoms with Gasteiger partial charge >= 0.3 is 0 Å². The Hall–Kier alpha value is -4.10. The van der Waals surface area contributed by atoms with Crippen molar-refractivity contribution in [1.82, 2.24) is 0 Å². The Morgan fingerprint density at radius 2 is 1.06 bits per heavy atom. The summed E-state index contributed by atoms with van der Waals surface area (Å²) >= 11 is 0. The first-order valence-corrected chi connectivity index (χ1v) is 10.9. The van der Waals surface area contributed by atoms with Crippen molar-refractivity contribution in [3.8, 4) is 33.4 Å². The third-order valence-corrected chi connectivity index (χ3v) is 6.18. The molecular formula is C31H22O. The van der Waals surface area contributed by atoms with Crippen LogP contribution >= 0.6 is 0 Å². The van der Waals surface area contributed by atoms with E-state index >= 15 is 0 Å². The van der Waals surface area contributed by atoms with Crippen LogP contribution in [0, 0.1) is 6.92 Å². The van der Waals surface area contributed by atoms with E-state index in [9.17, 15) is 0 Å². The Kier molecular flexibility index (Phi) is 4.40. The highest BCUT2D eigenvalue weighted by atomic mass is 16.3. The van der Waals surface area contributed by atoms with E-state index in [0.29, 0.717) is 0 Å². The highest BCUT2D eigenvalue weighted by Crippen LogP contribution is 2.36. The number of furan rings is 1. The van der Waals surface area contributed by atoms with Gasteiger partial charge in [-0.2, -0.15) is 0 Å². The fraction of sp³-hybridized carbons (Fsp3) is 0.0323. The standard InChI is InChI=1S/C31H22O/c1-21-12-14-22(15-13-21)25-6-4-7-26(20-25)23-16-18-24(19-17-23)27-9-5-10-29-28-8-2-3-11-30(28)32-31(27)29/h2-20H,1H3. The molecule has 1 heteroatoms. The fourth-order valence-corrected chi connectivity index (χ4v) is 4.44. The highest BCUT2D eigenvalue weighted by Gasteiger charge is 2.12. The second-order valence-electron chi connectivity index (χ2n) is 8.30. The van der Waals surface area contributed by atoms with Crippen molar-refractivity contribution >= 4 is 21.9 Å². The summed E-state index contributed by atoms with van der Waals surface area (Å²) in [7, 11) is 0. The van der Waals surface area contributed by atoms with Crippen LogP contribution in [0.5, 0.6) is 0 Å². The molecule has 6 rings (SSSR count). The van der Waals surface area contributed by atoms with Gasteiger partial charge in [0.15, 0.2) is 0 Å². The molecule has 1 nitrogen and oxygen atoms in total. The van der Waals surface area contributed by atoms with Gasteiger partial charge in [-0.15, -0.1) is 0 Å². The summed E-state index contributed by atoms with van der Waals surface area (Å²) in [5.41, 5.74) is 10.3. The minimum absolute atomic E-state index is 0.930. The number of para-hydroxylation sites is 2. The minimum atomic E-state index is 0.930. The van der Waals surface area contributed by atoms with E-state index in [-0.39, 0.29) is 0 Å². The fourth-order valence-electron chi connectivity index (χ4n) is 4.44. The lowest BCUT2D eigenvalue weighted by Gasteiger charge is -2.08. The van der Waals surface area contributed by atoms with Gasteiger partial charge in [0.2, 0.25) is 0 Å². The number of hydrogen-bond acceptors (Lipinski definition) is 1. The van der Waals surface area contributed by atoms with Crippen LogP contribution in [0.1, 0.15) is 5.56 Å². The van der Waals surface area contributed by atoms with Crippen LogP contribution in [0.4, 0.5) is 0 Å². The maximum Gasteiger partial charge on any atom is 0.143 e. The molecule has 0 saturated heterocycles. The van der Waals surface area contributed by atoms with Crippen LogP contribution in [0.2, 0.25) is 0 Å². The van der Waals surface area contributed by atoms with Gasteiger partial charge in [-0.1, -0.05) is 109 Å². The van der Waals surface area contributed by atoms with E-state index in [2.05, 4.69) is 110 Å². The molecule has 1 heterocycles. The van der Waals surface area contributed by atoms with Crippen molar-refractivity contribution in [2.75, 3.05) is 0 Å². The van der Waals surface area contributed by atoms with Gasteiger partial charge in [-0.25, -0.2) is 0 Å². The van der Waals surface area contributed by atoms with Crippen LogP contribution in [0.15, 0.2) is 120 Å². The van der Waals surface area contributed by atoms with Gasteiger partial charge in [0.1, 0.15) is 11.2 Å². The quantitative estimate of drug-likeness (QED) is 0.284. The van der Waals surface area contributed by atoms with Crippen molar-refractivity contribution in [2.45, 2.75) is 6.92 Å². The summed E-state index contributed by atoms with van der Waals surface area (Å²) in [6.07, 6.45) is 0. The van der Waals surface area contributed by atoms with Crippen molar-refractivity contribution in [3.05, 3.63) is 121 Å². The zero-order valence-electron chi connectivity index (χ0n) is 17.9. The topological polar surface area (TPSA) is 13.1 Å². The van der Waals surface area contributed by atoms with Gasteiger partial charge < -0.3 is 4.42 Å². The Morgan fingerprint density at radius 1 is 0.469 bits per heavy atom. The second-order valence-corrected chi connectivity index (χ2v) is 8.30. The van der Waals surface area contributed by atoms with E-state index in [0.717, 1.165) is 33.1 Å². The maximum atomic E-state index is 6.23. The molecular weight excluding hydrogens is 388 g/mol. The lowest BCUT2D eigenvalue weighted by molar-refractivity contribution is 0.670. The maximum absolute atomic E-state index is 6.23. The zero-order chi connectivity index (χ0) is 21.5. The van der Waals surface area contributed by atoms with E-state index in [1.54, 1.807) is 0 Å². The Morgan fingerprint density at radius 3 is 1.81 bits per heavy atom. The molecule has 5 aromatic carbocycles. The SMILES string of the molecule is Cc1ccc(-c2cccc(-c3ccc(-c4cccc5c4oc4ccccc45)cc3)c2)cc1. The van der Waals surface area contributed by atoms with Gasteiger partial charge in [0.25, 0.3) is 0 Å². The summed E-state index contributed by atoms with van der Waals surface area (Å²) in [5.74, 6) is 0. The smallest absolute Gasteiger partial charge is 0.143 e. The molecule has 152 valence electrons. The molecule has 0 N–H and O–H groups in total. The Labute approximate surface area is 187 Å². The van der Waals surface area contributed by atoms with E-state index in [4.69, 9.17) is 4.42 Å². The minimum Gasteiger partial charge on any atom is -0.455 e. The first-order valence-electron chi connectivity index (χ1n) is 10.9. The number of fused-ring (bicyclic) bond motifs is 3. The molecule has 32 heavy (non-hydrogen) atoms. The monoisotopic (exact) mass is 410 g/mol. The third kappa shape index (κ3) is 3.19. The number of benzene rings is 5. The van der Waals surface area contributed by atoms with Crippen molar-refractivity contribution < 1.29 is 4.42 Å². The predicted octanol–water partition coefficient (Wildman–Crippen LogP) is 8.90. The summed E-state index contributed by atoms with van der Waals surface area (Å²) in [6, 6.07) is 40.8. The summed E-state index contributed by atoms with van der Waals surface area (Å²) in [4.78, 5) is 0. The van der Waals surface area contributed by atoms with Crippen LogP contribution in [-0.2, 0) is 0 Å². The van der Waals surface area contributed by atoms with Crippen LogP contribution in [-0.4, -0.2) is 0 Å². The molecule has 0 amide bonds. The third-order valence-electron chi connectivity index (χ3n) is 6.18. The van der Waals surface area contributed by atoms with Crippen molar-refractivity contribution in [2.24, 2.45) is 0 Å². The molecule has 0 spiro atoms. The molecule has 0 atom stereocenters. The van der Waals surface area contributed by atoms with Gasteiger partial charge in [-0.3, -0.25) is 0 Å². The molecule has 0 radical (unpaired) electrons. The van der Waals surface area contributed by atoms with E-state index in [1.165, 1.54) is 27.8 Å². The summed E-state index contributed by atoms with van der Waals surface area (Å²) in [5, 5.41) is 2.32. The second kappa shape index (κ2) is 7.55. The van der Waals surface area contributed by atoms with Crippen LogP contribution in [0.3, 0.4) is 0 Å². The summed E-state index contributed by atoms with van der Waals surface area (Å²) in [6.45, 7) is 2.12. The molecule has 0 unspecified atom stereocenters. The largest absolute Gasteiger partial charge is 0.455 e. The summed E-state index contributed by atoms with van der Waals surface area (Å²) < 4.78 is 6.23. The molecule has 1 aromatic heterocycles. The molecule has 0 bridgehead atoms. The molecule has 0 aliphatic heterocycles. The average molecular weight is 411 g/mol. The van der Waals surface area contributed by atoms with Crippen molar-refractivity contribution in [1.29, 1.82) is 0 Å². The molecule has 0 aliphatic carbocycles. The van der Waals surface area contributed by atoms with Gasteiger partial charge in [-0.05, 0) is 46.9 Å². The van der Waals surface area contributed by atoms with E-state index < -0.39 is 0 Å². The lowest BCUT2D eigenvalue weighted by Crippen LogP contribution is -1.83. The Bertz CT molecular complexity index is 1550. The zero-order valence-corrected chi connectivity index (χ0v) is 17.9. The van der Waals surface area contributed by atoms with Gasteiger partial charge in [0.05, 0.1) is 0 Å². The van der Waals surface area contributed by atoms with Crippen LogP contribution < -0.4 is 0 Å².